The second-order valence-electron chi connectivity index (χ2n) is 5.08. The number of hydrogen-bond acceptors (Lipinski definition) is 2. The molecule has 0 atom stereocenters. The smallest absolute Gasteiger partial charge is 0.144 e. The number of unbranched alkanes of at least 4 members (excludes halogenated alkanes) is 7. The van der Waals surface area contributed by atoms with Crippen LogP contribution in [0.15, 0.2) is 18.2 Å². The molecule has 0 spiro atoms. The first-order chi connectivity index (χ1) is 9.77. The van der Waals surface area contributed by atoms with E-state index in [1.54, 1.807) is 12.1 Å². The SMILES string of the molecule is CCCCCCCCCCOc1ccc(C#N)c(F)c1. The van der Waals surface area contributed by atoms with Gasteiger partial charge in [-0.25, -0.2) is 4.39 Å². The van der Waals surface area contributed by atoms with Crippen LogP contribution >= 0.6 is 0 Å². The van der Waals surface area contributed by atoms with Crippen molar-refractivity contribution in [3.8, 4) is 11.8 Å². The Hall–Kier alpha value is -1.56. The minimum absolute atomic E-state index is 0.0597. The van der Waals surface area contributed by atoms with E-state index in [4.69, 9.17) is 10.00 Å². The van der Waals surface area contributed by atoms with E-state index in [0.717, 1.165) is 12.8 Å². The number of rotatable bonds is 10. The molecule has 1 aromatic rings. The molecule has 0 bridgehead atoms. The Bertz CT molecular complexity index is 425. The molecule has 0 aliphatic carbocycles. The van der Waals surface area contributed by atoms with Crippen LogP contribution in [0.1, 0.15) is 63.9 Å². The van der Waals surface area contributed by atoms with Gasteiger partial charge in [-0.1, -0.05) is 51.9 Å². The van der Waals surface area contributed by atoms with Gasteiger partial charge in [0.15, 0.2) is 0 Å². The molecular formula is C17H24FNO. The molecule has 0 heterocycles. The van der Waals surface area contributed by atoms with Crippen LogP contribution in [0.2, 0.25) is 0 Å². The molecule has 0 saturated heterocycles. The first-order valence-corrected chi connectivity index (χ1v) is 7.60. The van der Waals surface area contributed by atoms with Crippen molar-refractivity contribution in [1.82, 2.24) is 0 Å². The molecule has 0 aliphatic heterocycles. The molecular weight excluding hydrogens is 253 g/mol. The standard InChI is InChI=1S/C17H24FNO/c1-2-3-4-5-6-7-8-9-12-20-16-11-10-15(14-19)17(18)13-16/h10-11,13H,2-9,12H2,1H3. The second-order valence-corrected chi connectivity index (χ2v) is 5.08. The maximum atomic E-state index is 13.3. The van der Waals surface area contributed by atoms with Crippen LogP contribution in [-0.4, -0.2) is 6.61 Å². The van der Waals surface area contributed by atoms with Crippen molar-refractivity contribution in [2.45, 2.75) is 58.3 Å². The first-order valence-electron chi connectivity index (χ1n) is 7.60. The average Bonchev–Trinajstić information content (AvgIpc) is 2.46. The Labute approximate surface area is 121 Å². The topological polar surface area (TPSA) is 33.0 Å². The largest absolute Gasteiger partial charge is 0.493 e. The van der Waals surface area contributed by atoms with E-state index < -0.39 is 5.82 Å². The van der Waals surface area contributed by atoms with E-state index in [0.29, 0.717) is 12.4 Å². The number of nitriles is 1. The quantitative estimate of drug-likeness (QED) is 0.549. The predicted octanol–water partition coefficient (Wildman–Crippen LogP) is 5.22. The minimum Gasteiger partial charge on any atom is -0.493 e. The van der Waals surface area contributed by atoms with Crippen molar-refractivity contribution in [2.24, 2.45) is 0 Å². The van der Waals surface area contributed by atoms with Gasteiger partial charge in [-0.2, -0.15) is 5.26 Å². The van der Waals surface area contributed by atoms with Gasteiger partial charge in [0, 0.05) is 6.07 Å². The summed E-state index contributed by atoms with van der Waals surface area (Å²) in [5.74, 6) is -0.00892. The molecule has 110 valence electrons. The fourth-order valence-corrected chi connectivity index (χ4v) is 2.10. The summed E-state index contributed by atoms with van der Waals surface area (Å²) in [6.45, 7) is 2.84. The summed E-state index contributed by atoms with van der Waals surface area (Å²) in [4.78, 5) is 0. The zero-order valence-electron chi connectivity index (χ0n) is 12.3. The minimum atomic E-state index is -0.513. The van der Waals surface area contributed by atoms with E-state index in [2.05, 4.69) is 6.92 Å². The van der Waals surface area contributed by atoms with Crippen molar-refractivity contribution in [1.29, 1.82) is 5.26 Å². The normalized spacial score (nSPS) is 10.2. The highest BCUT2D eigenvalue weighted by Gasteiger charge is 2.03. The highest BCUT2D eigenvalue weighted by Crippen LogP contribution is 2.16. The lowest BCUT2D eigenvalue weighted by Crippen LogP contribution is -1.98. The van der Waals surface area contributed by atoms with E-state index in [1.807, 2.05) is 0 Å². The van der Waals surface area contributed by atoms with Crippen molar-refractivity contribution in [3.63, 3.8) is 0 Å². The Morgan fingerprint density at radius 3 is 2.30 bits per heavy atom. The van der Waals surface area contributed by atoms with Crippen LogP contribution in [-0.2, 0) is 0 Å². The third kappa shape index (κ3) is 6.56. The zero-order chi connectivity index (χ0) is 14.6. The fourth-order valence-electron chi connectivity index (χ4n) is 2.10. The average molecular weight is 277 g/mol. The van der Waals surface area contributed by atoms with E-state index in [-0.39, 0.29) is 5.56 Å². The van der Waals surface area contributed by atoms with Crippen molar-refractivity contribution in [3.05, 3.63) is 29.6 Å². The summed E-state index contributed by atoms with van der Waals surface area (Å²) < 4.78 is 18.8. The zero-order valence-corrected chi connectivity index (χ0v) is 12.3. The molecule has 0 N–H and O–H groups in total. The number of hydrogen-bond donors (Lipinski definition) is 0. The second kappa shape index (κ2) is 10.3. The number of halogens is 1. The molecule has 0 fully saturated rings. The van der Waals surface area contributed by atoms with Crippen LogP contribution in [0.5, 0.6) is 5.75 Å². The molecule has 1 rings (SSSR count). The molecule has 2 nitrogen and oxygen atoms in total. The highest BCUT2D eigenvalue weighted by molar-refractivity contribution is 5.36. The van der Waals surface area contributed by atoms with E-state index in [1.165, 1.54) is 50.7 Å². The molecule has 0 unspecified atom stereocenters. The fraction of sp³-hybridized carbons (Fsp3) is 0.588. The van der Waals surface area contributed by atoms with E-state index in [9.17, 15) is 4.39 Å². The monoisotopic (exact) mass is 277 g/mol. The molecule has 0 aliphatic rings. The lowest BCUT2D eigenvalue weighted by atomic mass is 10.1. The van der Waals surface area contributed by atoms with Crippen LogP contribution < -0.4 is 4.74 Å². The molecule has 0 radical (unpaired) electrons. The first kappa shape index (κ1) is 16.5. The third-order valence-corrected chi connectivity index (χ3v) is 3.33. The lowest BCUT2D eigenvalue weighted by molar-refractivity contribution is 0.303. The van der Waals surface area contributed by atoms with Crippen LogP contribution in [0.4, 0.5) is 4.39 Å². The lowest BCUT2D eigenvalue weighted by Gasteiger charge is -2.06. The molecule has 0 amide bonds. The predicted molar refractivity (Wildman–Crippen MR) is 79.2 cm³/mol. The molecule has 1 aromatic carbocycles. The summed E-state index contributed by atoms with van der Waals surface area (Å²) in [5, 5.41) is 8.63. The molecule has 0 aromatic heterocycles. The summed E-state index contributed by atoms with van der Waals surface area (Å²) in [6, 6.07) is 6.18. The van der Waals surface area contributed by atoms with Gasteiger partial charge < -0.3 is 4.74 Å². The Morgan fingerprint density at radius 2 is 1.70 bits per heavy atom. The summed E-state index contributed by atoms with van der Waals surface area (Å²) in [5.41, 5.74) is 0.0597. The Balaban J connectivity index is 2.07. The van der Waals surface area contributed by atoms with Gasteiger partial charge in [-0.05, 0) is 18.6 Å². The summed E-state index contributed by atoms with van der Waals surface area (Å²) in [7, 11) is 0. The van der Waals surface area contributed by atoms with Gasteiger partial charge in [0.2, 0.25) is 0 Å². The summed E-state index contributed by atoms with van der Waals surface area (Å²) >= 11 is 0. The molecule has 20 heavy (non-hydrogen) atoms. The van der Waals surface area contributed by atoms with Crippen molar-refractivity contribution >= 4 is 0 Å². The summed E-state index contributed by atoms with van der Waals surface area (Å²) in [6.07, 6.45) is 10.00. The maximum Gasteiger partial charge on any atom is 0.144 e. The van der Waals surface area contributed by atoms with Gasteiger partial charge in [0.1, 0.15) is 17.6 Å². The highest BCUT2D eigenvalue weighted by atomic mass is 19.1. The van der Waals surface area contributed by atoms with Gasteiger partial charge in [-0.3, -0.25) is 0 Å². The van der Waals surface area contributed by atoms with E-state index >= 15 is 0 Å². The number of ether oxygens (including phenoxy) is 1. The van der Waals surface area contributed by atoms with Gasteiger partial charge in [0.05, 0.1) is 12.2 Å². The van der Waals surface area contributed by atoms with Gasteiger partial charge in [0.25, 0.3) is 0 Å². The molecule has 3 heteroatoms. The van der Waals surface area contributed by atoms with Crippen LogP contribution in [0.3, 0.4) is 0 Å². The van der Waals surface area contributed by atoms with Crippen LogP contribution in [0, 0.1) is 17.1 Å². The van der Waals surface area contributed by atoms with Crippen molar-refractivity contribution in [2.75, 3.05) is 6.61 Å². The third-order valence-electron chi connectivity index (χ3n) is 3.33. The van der Waals surface area contributed by atoms with Crippen molar-refractivity contribution < 1.29 is 9.13 Å². The van der Waals surface area contributed by atoms with Gasteiger partial charge >= 0.3 is 0 Å². The van der Waals surface area contributed by atoms with Crippen LogP contribution in [0.25, 0.3) is 0 Å². The number of nitrogens with zero attached hydrogens (tertiary/aromatic N) is 1. The molecule has 0 saturated carbocycles. The Morgan fingerprint density at radius 1 is 1.05 bits per heavy atom. The maximum absolute atomic E-state index is 13.3. The Kier molecular flexibility index (Phi) is 8.46. The number of benzene rings is 1. The van der Waals surface area contributed by atoms with Gasteiger partial charge in [-0.15, -0.1) is 0 Å².